The molecule has 3 heteroatoms. The van der Waals surface area contributed by atoms with Crippen molar-refractivity contribution >= 4 is 5.91 Å². The molecule has 1 rings (SSSR count). The molecular weight excluding hydrogens is 152 g/mol. The lowest BCUT2D eigenvalue weighted by molar-refractivity contribution is -0.133. The Morgan fingerprint density at radius 1 is 1.75 bits per heavy atom. The molecule has 0 saturated carbocycles. The number of nitrogens with two attached hydrogens (primary N) is 1. The lowest BCUT2D eigenvalue weighted by Gasteiger charge is -2.30. The van der Waals surface area contributed by atoms with Crippen LogP contribution < -0.4 is 5.73 Å². The second-order valence-corrected chi connectivity index (χ2v) is 3.89. The summed E-state index contributed by atoms with van der Waals surface area (Å²) in [7, 11) is 1.87. The van der Waals surface area contributed by atoms with Crippen molar-refractivity contribution in [3.63, 3.8) is 0 Å². The molecule has 1 fully saturated rings. The summed E-state index contributed by atoms with van der Waals surface area (Å²) in [6.45, 7) is 2.91. The highest BCUT2D eigenvalue weighted by Crippen LogP contribution is 2.19. The first-order valence-electron chi connectivity index (χ1n) is 4.59. The summed E-state index contributed by atoms with van der Waals surface area (Å²) in [5.41, 5.74) is 5.70. The Bertz CT molecular complexity index is 168. The maximum Gasteiger partial charge on any atom is 0.222 e. The fourth-order valence-corrected chi connectivity index (χ4v) is 1.82. The van der Waals surface area contributed by atoms with Crippen molar-refractivity contribution < 1.29 is 4.79 Å². The highest BCUT2D eigenvalue weighted by atomic mass is 16.2. The van der Waals surface area contributed by atoms with Crippen LogP contribution in [0.2, 0.25) is 0 Å². The minimum atomic E-state index is 0.261. The van der Waals surface area contributed by atoms with Crippen LogP contribution in [0.3, 0.4) is 0 Å². The molecule has 1 amide bonds. The van der Waals surface area contributed by atoms with E-state index in [-0.39, 0.29) is 11.9 Å². The lowest BCUT2D eigenvalue weighted by Crippen LogP contribution is -2.38. The van der Waals surface area contributed by atoms with Gasteiger partial charge in [-0.05, 0) is 25.7 Å². The van der Waals surface area contributed by atoms with Crippen molar-refractivity contribution in [3.05, 3.63) is 0 Å². The van der Waals surface area contributed by atoms with Crippen molar-refractivity contribution in [2.24, 2.45) is 11.7 Å². The predicted octanol–water partition coefficient (Wildman–Crippen LogP) is 0.592. The van der Waals surface area contributed by atoms with Gasteiger partial charge in [0, 0.05) is 26.1 Å². The molecule has 2 N–H and O–H groups in total. The third-order valence-corrected chi connectivity index (χ3v) is 2.43. The van der Waals surface area contributed by atoms with Gasteiger partial charge in [-0.25, -0.2) is 0 Å². The molecule has 0 aliphatic carbocycles. The molecule has 1 aliphatic rings. The van der Waals surface area contributed by atoms with Gasteiger partial charge in [0.1, 0.15) is 0 Å². The van der Waals surface area contributed by atoms with E-state index in [0.29, 0.717) is 12.3 Å². The first-order chi connectivity index (χ1) is 5.59. The standard InChI is InChI=1S/C9H18N2O/c1-7(10)5-8-3-4-9(12)11(2)6-8/h7-8H,3-6,10H2,1-2H3/t7-,8+/m0/s1. The summed E-state index contributed by atoms with van der Waals surface area (Å²) in [6, 6.07) is 0.261. The summed E-state index contributed by atoms with van der Waals surface area (Å²) in [4.78, 5) is 12.9. The van der Waals surface area contributed by atoms with Crippen molar-refractivity contribution in [1.29, 1.82) is 0 Å². The minimum Gasteiger partial charge on any atom is -0.345 e. The molecule has 0 spiro atoms. The van der Waals surface area contributed by atoms with Crippen LogP contribution in [0.4, 0.5) is 0 Å². The first-order valence-corrected chi connectivity index (χ1v) is 4.59. The van der Waals surface area contributed by atoms with Gasteiger partial charge in [0.25, 0.3) is 0 Å². The quantitative estimate of drug-likeness (QED) is 0.659. The van der Waals surface area contributed by atoms with Crippen molar-refractivity contribution in [1.82, 2.24) is 4.90 Å². The van der Waals surface area contributed by atoms with Crippen LogP contribution in [0.25, 0.3) is 0 Å². The number of piperidine rings is 1. The van der Waals surface area contributed by atoms with Gasteiger partial charge >= 0.3 is 0 Å². The van der Waals surface area contributed by atoms with Crippen LogP contribution in [0.15, 0.2) is 0 Å². The molecule has 1 aliphatic heterocycles. The number of hydrogen-bond acceptors (Lipinski definition) is 2. The van der Waals surface area contributed by atoms with Crippen LogP contribution in [0.1, 0.15) is 26.2 Å². The van der Waals surface area contributed by atoms with E-state index in [1.54, 1.807) is 0 Å². The molecule has 3 nitrogen and oxygen atoms in total. The fourth-order valence-electron chi connectivity index (χ4n) is 1.82. The zero-order valence-corrected chi connectivity index (χ0v) is 7.92. The summed E-state index contributed by atoms with van der Waals surface area (Å²) in [5.74, 6) is 0.892. The third-order valence-electron chi connectivity index (χ3n) is 2.43. The fraction of sp³-hybridized carbons (Fsp3) is 0.889. The molecule has 1 saturated heterocycles. The Morgan fingerprint density at radius 3 is 2.92 bits per heavy atom. The predicted molar refractivity (Wildman–Crippen MR) is 48.6 cm³/mol. The highest BCUT2D eigenvalue weighted by molar-refractivity contribution is 5.76. The average Bonchev–Trinajstić information content (AvgIpc) is 1.96. The van der Waals surface area contributed by atoms with Gasteiger partial charge in [-0.15, -0.1) is 0 Å². The molecule has 2 atom stereocenters. The molecule has 0 radical (unpaired) electrons. The van der Waals surface area contributed by atoms with Gasteiger partial charge in [0.05, 0.1) is 0 Å². The molecule has 0 unspecified atom stereocenters. The molecular formula is C9H18N2O. The van der Waals surface area contributed by atoms with Gasteiger partial charge in [-0.3, -0.25) is 4.79 Å². The first kappa shape index (κ1) is 9.52. The largest absolute Gasteiger partial charge is 0.345 e. The normalized spacial score (nSPS) is 27.4. The minimum absolute atomic E-state index is 0.261. The Kier molecular flexibility index (Phi) is 3.09. The Labute approximate surface area is 73.9 Å². The highest BCUT2D eigenvalue weighted by Gasteiger charge is 2.22. The number of carbonyl (C=O) groups is 1. The average molecular weight is 170 g/mol. The molecule has 0 aromatic carbocycles. The van der Waals surface area contributed by atoms with E-state index < -0.39 is 0 Å². The van der Waals surface area contributed by atoms with Crippen LogP contribution in [-0.4, -0.2) is 30.4 Å². The van der Waals surface area contributed by atoms with E-state index in [1.165, 1.54) is 0 Å². The van der Waals surface area contributed by atoms with Gasteiger partial charge in [-0.1, -0.05) is 0 Å². The van der Waals surface area contributed by atoms with Gasteiger partial charge in [0.2, 0.25) is 5.91 Å². The number of likely N-dealkylation sites (tertiary alicyclic amines) is 1. The second-order valence-electron chi connectivity index (χ2n) is 3.89. The molecule has 0 aromatic heterocycles. The topological polar surface area (TPSA) is 46.3 Å². The van der Waals surface area contributed by atoms with Gasteiger partial charge in [-0.2, -0.15) is 0 Å². The van der Waals surface area contributed by atoms with Gasteiger partial charge < -0.3 is 10.6 Å². The van der Waals surface area contributed by atoms with Crippen LogP contribution in [0.5, 0.6) is 0 Å². The Morgan fingerprint density at radius 2 is 2.42 bits per heavy atom. The van der Waals surface area contributed by atoms with E-state index in [1.807, 2.05) is 18.9 Å². The van der Waals surface area contributed by atoms with Crippen LogP contribution >= 0.6 is 0 Å². The molecule has 0 bridgehead atoms. The third kappa shape index (κ3) is 2.48. The lowest BCUT2D eigenvalue weighted by atomic mass is 9.92. The number of nitrogens with zero attached hydrogens (tertiary/aromatic N) is 1. The Balaban J connectivity index is 2.35. The van der Waals surface area contributed by atoms with Crippen molar-refractivity contribution in [2.75, 3.05) is 13.6 Å². The van der Waals surface area contributed by atoms with E-state index in [0.717, 1.165) is 19.4 Å². The second kappa shape index (κ2) is 3.90. The van der Waals surface area contributed by atoms with Crippen LogP contribution in [-0.2, 0) is 4.79 Å². The number of carbonyl (C=O) groups excluding carboxylic acids is 1. The van der Waals surface area contributed by atoms with Gasteiger partial charge in [0.15, 0.2) is 0 Å². The summed E-state index contributed by atoms with van der Waals surface area (Å²) in [5, 5.41) is 0. The van der Waals surface area contributed by atoms with Crippen molar-refractivity contribution in [3.8, 4) is 0 Å². The summed E-state index contributed by atoms with van der Waals surface area (Å²) >= 11 is 0. The van der Waals surface area contributed by atoms with E-state index >= 15 is 0 Å². The summed E-state index contributed by atoms with van der Waals surface area (Å²) < 4.78 is 0. The van der Waals surface area contributed by atoms with E-state index in [2.05, 4.69) is 0 Å². The number of amides is 1. The van der Waals surface area contributed by atoms with Crippen molar-refractivity contribution in [2.45, 2.75) is 32.2 Å². The molecule has 70 valence electrons. The van der Waals surface area contributed by atoms with E-state index in [9.17, 15) is 4.79 Å². The number of rotatable bonds is 2. The summed E-state index contributed by atoms with van der Waals surface area (Å²) in [6.07, 6.45) is 2.76. The SMILES string of the molecule is C[C@H](N)C[C@H]1CCC(=O)N(C)C1. The smallest absolute Gasteiger partial charge is 0.222 e. The maximum absolute atomic E-state index is 11.1. The molecule has 0 aromatic rings. The molecule has 12 heavy (non-hydrogen) atoms. The molecule has 1 heterocycles. The maximum atomic E-state index is 11.1. The number of hydrogen-bond donors (Lipinski definition) is 1. The zero-order valence-electron chi connectivity index (χ0n) is 7.92. The monoisotopic (exact) mass is 170 g/mol. The van der Waals surface area contributed by atoms with E-state index in [4.69, 9.17) is 5.73 Å². The Hall–Kier alpha value is -0.570. The zero-order chi connectivity index (χ0) is 9.14. The van der Waals surface area contributed by atoms with Crippen LogP contribution in [0, 0.1) is 5.92 Å².